The molecular formula is C14H15ClN2O4. The van der Waals surface area contributed by atoms with Crippen molar-refractivity contribution in [3.8, 4) is 5.75 Å². The second kappa shape index (κ2) is 6.13. The van der Waals surface area contributed by atoms with Crippen molar-refractivity contribution in [2.45, 2.75) is 0 Å². The molecule has 1 saturated heterocycles. The Bertz CT molecular complexity index is 603. The number of halogens is 1. The molecule has 0 bridgehead atoms. The van der Waals surface area contributed by atoms with E-state index in [0.717, 1.165) is 0 Å². The lowest BCUT2D eigenvalue weighted by Gasteiger charge is -2.30. The first-order chi connectivity index (χ1) is 9.93. The molecule has 0 aromatic heterocycles. The third kappa shape index (κ3) is 3.16. The van der Waals surface area contributed by atoms with E-state index in [1.54, 1.807) is 19.2 Å². The molecule has 7 heteroatoms. The van der Waals surface area contributed by atoms with Crippen LogP contribution in [0.15, 0.2) is 18.2 Å². The predicted octanol–water partition coefficient (Wildman–Crippen LogP) is 0.832. The molecule has 0 atom stereocenters. The van der Waals surface area contributed by atoms with Gasteiger partial charge in [-0.3, -0.25) is 14.4 Å². The van der Waals surface area contributed by atoms with E-state index in [2.05, 4.69) is 0 Å². The number of ketones is 1. The summed E-state index contributed by atoms with van der Waals surface area (Å²) in [5.41, 5.74) is 0.375. The summed E-state index contributed by atoms with van der Waals surface area (Å²) in [6, 6.07) is 4.66. The van der Waals surface area contributed by atoms with E-state index in [0.29, 0.717) is 29.4 Å². The molecule has 0 aliphatic carbocycles. The lowest BCUT2D eigenvalue weighted by molar-refractivity contribution is -0.154. The molecule has 2 rings (SSSR count). The van der Waals surface area contributed by atoms with Gasteiger partial charge in [-0.05, 0) is 18.2 Å². The smallest absolute Gasteiger partial charge is 0.312 e. The normalized spacial score (nSPS) is 15.4. The number of ether oxygens (including phenoxy) is 1. The minimum Gasteiger partial charge on any atom is -0.495 e. The van der Waals surface area contributed by atoms with E-state index >= 15 is 0 Å². The molecule has 0 radical (unpaired) electrons. The van der Waals surface area contributed by atoms with Gasteiger partial charge in [0, 0.05) is 25.7 Å². The summed E-state index contributed by atoms with van der Waals surface area (Å²) in [7, 11) is 3.04. The zero-order valence-electron chi connectivity index (χ0n) is 11.8. The van der Waals surface area contributed by atoms with Crippen molar-refractivity contribution in [2.24, 2.45) is 0 Å². The van der Waals surface area contributed by atoms with Gasteiger partial charge in [-0.15, -0.1) is 0 Å². The van der Waals surface area contributed by atoms with E-state index in [-0.39, 0.29) is 12.3 Å². The fourth-order valence-corrected chi connectivity index (χ4v) is 2.29. The summed E-state index contributed by atoms with van der Waals surface area (Å²) in [6.45, 7) is 0.624. The minimum absolute atomic E-state index is 0.138. The number of rotatable bonds is 4. The maximum atomic E-state index is 12.2. The molecule has 1 fully saturated rings. The van der Waals surface area contributed by atoms with Gasteiger partial charge in [-0.25, -0.2) is 0 Å². The number of carbonyl (C=O) groups is 3. The Balaban J connectivity index is 2.09. The summed E-state index contributed by atoms with van der Waals surface area (Å²) in [4.78, 5) is 38.2. The highest BCUT2D eigenvalue weighted by Crippen LogP contribution is 2.25. The van der Waals surface area contributed by atoms with Gasteiger partial charge in [0.15, 0.2) is 5.78 Å². The molecular weight excluding hydrogens is 296 g/mol. The molecule has 0 N–H and O–H groups in total. The van der Waals surface area contributed by atoms with Crippen LogP contribution in [0.5, 0.6) is 5.75 Å². The zero-order valence-corrected chi connectivity index (χ0v) is 12.5. The summed E-state index contributed by atoms with van der Waals surface area (Å²) < 4.78 is 5.01. The summed E-state index contributed by atoms with van der Waals surface area (Å²) >= 11 is 5.97. The highest BCUT2D eigenvalue weighted by atomic mass is 35.5. The Hall–Kier alpha value is -2.08. The molecule has 1 aliphatic rings. The highest BCUT2D eigenvalue weighted by Gasteiger charge is 2.31. The van der Waals surface area contributed by atoms with E-state index < -0.39 is 11.8 Å². The molecule has 1 heterocycles. The molecule has 6 nitrogen and oxygen atoms in total. The van der Waals surface area contributed by atoms with Crippen LogP contribution in [0.4, 0.5) is 0 Å². The zero-order chi connectivity index (χ0) is 15.6. The number of Topliss-reactive ketones (excluding diaryl/α,β-unsaturated/α-hetero) is 1. The SMILES string of the molecule is COc1ccc(C(=O)CN2CCN(C)C(=O)C2=O)cc1Cl. The summed E-state index contributed by atoms with van der Waals surface area (Å²) in [6.07, 6.45) is 0. The van der Waals surface area contributed by atoms with Crippen LogP contribution >= 0.6 is 11.6 Å². The van der Waals surface area contributed by atoms with Gasteiger partial charge in [-0.1, -0.05) is 11.6 Å². The van der Waals surface area contributed by atoms with Crippen molar-refractivity contribution in [3.63, 3.8) is 0 Å². The standard InChI is InChI=1S/C14H15ClN2O4/c1-16-5-6-17(14(20)13(16)19)8-11(18)9-3-4-12(21-2)10(15)7-9/h3-4,7H,5-6,8H2,1-2H3. The molecule has 1 aliphatic heterocycles. The Morgan fingerprint density at radius 3 is 2.62 bits per heavy atom. The molecule has 1 aromatic rings. The van der Waals surface area contributed by atoms with Gasteiger partial charge in [0.05, 0.1) is 18.7 Å². The van der Waals surface area contributed by atoms with Crippen LogP contribution < -0.4 is 4.74 Å². The van der Waals surface area contributed by atoms with Crippen LogP contribution in [0.3, 0.4) is 0 Å². The summed E-state index contributed by atoms with van der Waals surface area (Å²) in [5, 5.41) is 0.323. The largest absolute Gasteiger partial charge is 0.495 e. The average molecular weight is 311 g/mol. The number of benzene rings is 1. The molecule has 0 unspecified atom stereocenters. The minimum atomic E-state index is -0.656. The van der Waals surface area contributed by atoms with Gasteiger partial charge < -0.3 is 14.5 Å². The lowest BCUT2D eigenvalue weighted by atomic mass is 10.1. The van der Waals surface area contributed by atoms with Crippen LogP contribution in [0, 0.1) is 0 Å². The Morgan fingerprint density at radius 1 is 1.29 bits per heavy atom. The van der Waals surface area contributed by atoms with Gasteiger partial charge in [0.1, 0.15) is 5.75 Å². The van der Waals surface area contributed by atoms with Crippen LogP contribution in [-0.2, 0) is 9.59 Å². The number of hydrogen-bond acceptors (Lipinski definition) is 4. The second-order valence-electron chi connectivity index (χ2n) is 4.73. The number of likely N-dealkylation sites (N-methyl/N-ethyl adjacent to an activating group) is 1. The predicted molar refractivity (Wildman–Crippen MR) is 76.6 cm³/mol. The maximum Gasteiger partial charge on any atom is 0.312 e. The topological polar surface area (TPSA) is 66.9 Å². The fourth-order valence-electron chi connectivity index (χ4n) is 2.03. The first-order valence-corrected chi connectivity index (χ1v) is 6.73. The third-order valence-electron chi connectivity index (χ3n) is 3.33. The van der Waals surface area contributed by atoms with E-state index in [9.17, 15) is 14.4 Å². The van der Waals surface area contributed by atoms with Crippen molar-refractivity contribution in [1.29, 1.82) is 0 Å². The number of amides is 2. The number of methoxy groups -OCH3 is 1. The second-order valence-corrected chi connectivity index (χ2v) is 5.13. The summed E-state index contributed by atoms with van der Waals surface area (Å²) in [5.74, 6) is -1.05. The van der Waals surface area contributed by atoms with Crippen LogP contribution in [-0.4, -0.2) is 61.2 Å². The van der Waals surface area contributed by atoms with Crippen molar-refractivity contribution in [3.05, 3.63) is 28.8 Å². The van der Waals surface area contributed by atoms with Crippen LogP contribution in [0.25, 0.3) is 0 Å². The molecule has 0 spiro atoms. The van der Waals surface area contributed by atoms with Crippen LogP contribution in [0.1, 0.15) is 10.4 Å². The Morgan fingerprint density at radius 2 is 2.00 bits per heavy atom. The molecule has 1 aromatic carbocycles. The van der Waals surface area contributed by atoms with Gasteiger partial charge in [0.25, 0.3) is 0 Å². The first-order valence-electron chi connectivity index (χ1n) is 6.35. The Kier molecular flexibility index (Phi) is 4.47. The average Bonchev–Trinajstić information content (AvgIpc) is 2.47. The van der Waals surface area contributed by atoms with Crippen LogP contribution in [0.2, 0.25) is 5.02 Å². The maximum absolute atomic E-state index is 12.2. The molecule has 21 heavy (non-hydrogen) atoms. The number of piperazine rings is 1. The number of nitrogens with zero attached hydrogens (tertiary/aromatic N) is 2. The first kappa shape index (κ1) is 15.3. The van der Waals surface area contributed by atoms with Gasteiger partial charge in [0.2, 0.25) is 0 Å². The van der Waals surface area contributed by atoms with Gasteiger partial charge >= 0.3 is 11.8 Å². The van der Waals surface area contributed by atoms with Crippen molar-refractivity contribution in [1.82, 2.24) is 9.80 Å². The molecule has 0 saturated carbocycles. The van der Waals surface area contributed by atoms with E-state index in [1.807, 2.05) is 0 Å². The number of hydrogen-bond donors (Lipinski definition) is 0. The van der Waals surface area contributed by atoms with Crippen molar-refractivity contribution < 1.29 is 19.1 Å². The number of carbonyl (C=O) groups excluding carboxylic acids is 3. The lowest BCUT2D eigenvalue weighted by Crippen LogP contribution is -2.53. The Labute approximate surface area is 127 Å². The molecule has 2 amide bonds. The monoisotopic (exact) mass is 310 g/mol. The van der Waals surface area contributed by atoms with Crippen molar-refractivity contribution >= 4 is 29.2 Å². The van der Waals surface area contributed by atoms with E-state index in [1.165, 1.54) is 23.0 Å². The molecule has 112 valence electrons. The quantitative estimate of drug-likeness (QED) is 0.610. The van der Waals surface area contributed by atoms with E-state index in [4.69, 9.17) is 16.3 Å². The van der Waals surface area contributed by atoms with Gasteiger partial charge in [-0.2, -0.15) is 0 Å². The third-order valence-corrected chi connectivity index (χ3v) is 3.63. The van der Waals surface area contributed by atoms with Crippen molar-refractivity contribution in [2.75, 3.05) is 33.8 Å². The highest BCUT2D eigenvalue weighted by molar-refractivity contribution is 6.35. The fraction of sp³-hybridized carbons (Fsp3) is 0.357.